The highest BCUT2D eigenvalue weighted by atomic mass is 16.3. The summed E-state index contributed by atoms with van der Waals surface area (Å²) in [6.45, 7) is 1.32. The van der Waals surface area contributed by atoms with E-state index in [9.17, 15) is 0 Å². The van der Waals surface area contributed by atoms with E-state index >= 15 is 0 Å². The van der Waals surface area contributed by atoms with Gasteiger partial charge in [0.1, 0.15) is 6.23 Å². The molecule has 0 amide bonds. The molecule has 1 unspecified atom stereocenters. The first-order chi connectivity index (χ1) is 5.72. The molecule has 1 atom stereocenters. The maximum Gasteiger partial charge on any atom is 0.105 e. The number of aliphatic hydroxyl groups excluding tert-OH is 1. The summed E-state index contributed by atoms with van der Waals surface area (Å²) in [5, 5.41) is 9.16. The van der Waals surface area contributed by atoms with Crippen molar-refractivity contribution in [1.29, 1.82) is 0 Å². The lowest BCUT2D eigenvalue weighted by atomic mass is 9.96. The molecule has 0 bridgehead atoms. The third kappa shape index (κ3) is 5.49. The molecule has 0 fully saturated rings. The van der Waals surface area contributed by atoms with Crippen molar-refractivity contribution in [2.45, 2.75) is 31.9 Å². The molecule has 0 aromatic rings. The van der Waals surface area contributed by atoms with Crippen LogP contribution in [-0.2, 0) is 0 Å². The van der Waals surface area contributed by atoms with Crippen LogP contribution in [0.15, 0.2) is 0 Å². The lowest BCUT2D eigenvalue weighted by Gasteiger charge is -2.18. The van der Waals surface area contributed by atoms with Crippen LogP contribution in [0, 0.1) is 5.92 Å². The Labute approximate surface area is 74.1 Å². The van der Waals surface area contributed by atoms with E-state index < -0.39 is 6.23 Å². The van der Waals surface area contributed by atoms with E-state index in [1.165, 1.54) is 0 Å². The first-order valence-corrected chi connectivity index (χ1v) is 4.56. The van der Waals surface area contributed by atoms with Crippen molar-refractivity contribution < 1.29 is 5.11 Å². The van der Waals surface area contributed by atoms with Crippen molar-refractivity contribution in [1.82, 2.24) is 0 Å². The van der Waals surface area contributed by atoms with Crippen molar-refractivity contribution >= 4 is 0 Å². The normalized spacial score (nSPS) is 13.8. The molecule has 0 aromatic heterocycles. The topological polar surface area (TPSA) is 98.3 Å². The molecule has 4 heteroatoms. The standard InChI is InChI=1S/C8H21N3O/c9-5-1-3-7(8(11)12)4-2-6-10/h7-8,12H,1-6,9-11H2. The Morgan fingerprint density at radius 2 is 1.42 bits per heavy atom. The third-order valence-electron chi connectivity index (χ3n) is 2.04. The van der Waals surface area contributed by atoms with Crippen LogP contribution in [0.5, 0.6) is 0 Å². The van der Waals surface area contributed by atoms with Gasteiger partial charge in [0.15, 0.2) is 0 Å². The fraction of sp³-hybridized carbons (Fsp3) is 1.00. The molecule has 7 N–H and O–H groups in total. The molecule has 0 heterocycles. The smallest absolute Gasteiger partial charge is 0.105 e. The first-order valence-electron chi connectivity index (χ1n) is 4.56. The highest BCUT2D eigenvalue weighted by Crippen LogP contribution is 2.14. The quantitative estimate of drug-likeness (QED) is 0.387. The van der Waals surface area contributed by atoms with Gasteiger partial charge in [-0.25, -0.2) is 0 Å². The predicted molar refractivity (Wildman–Crippen MR) is 50.3 cm³/mol. The molecular formula is C8H21N3O. The molecule has 0 aliphatic rings. The van der Waals surface area contributed by atoms with Crippen LogP contribution in [0.25, 0.3) is 0 Å². The fourth-order valence-electron chi connectivity index (χ4n) is 1.25. The fourth-order valence-corrected chi connectivity index (χ4v) is 1.25. The molecule has 0 aliphatic carbocycles. The van der Waals surface area contributed by atoms with Crippen LogP contribution in [0.2, 0.25) is 0 Å². The van der Waals surface area contributed by atoms with Gasteiger partial charge in [-0.05, 0) is 44.7 Å². The highest BCUT2D eigenvalue weighted by Gasteiger charge is 2.13. The molecule has 0 aromatic carbocycles. The molecule has 0 saturated carbocycles. The molecule has 12 heavy (non-hydrogen) atoms. The Morgan fingerprint density at radius 3 is 1.67 bits per heavy atom. The van der Waals surface area contributed by atoms with E-state index in [0.717, 1.165) is 25.7 Å². The van der Waals surface area contributed by atoms with Crippen molar-refractivity contribution in [3.05, 3.63) is 0 Å². The molecule has 0 rings (SSSR count). The van der Waals surface area contributed by atoms with Gasteiger partial charge in [-0.15, -0.1) is 0 Å². The molecule has 0 aliphatic heterocycles. The zero-order valence-corrected chi connectivity index (χ0v) is 7.58. The zero-order chi connectivity index (χ0) is 9.40. The minimum absolute atomic E-state index is 0.164. The zero-order valence-electron chi connectivity index (χ0n) is 7.58. The number of rotatable bonds is 7. The monoisotopic (exact) mass is 175 g/mol. The molecule has 74 valence electrons. The van der Waals surface area contributed by atoms with Crippen LogP contribution >= 0.6 is 0 Å². The van der Waals surface area contributed by atoms with E-state index in [0.29, 0.717) is 13.1 Å². The lowest BCUT2D eigenvalue weighted by molar-refractivity contribution is 0.101. The average molecular weight is 175 g/mol. The van der Waals surface area contributed by atoms with Gasteiger partial charge in [-0.3, -0.25) is 0 Å². The van der Waals surface area contributed by atoms with Crippen molar-refractivity contribution in [3.8, 4) is 0 Å². The second-order valence-electron chi connectivity index (χ2n) is 3.11. The molecule has 0 saturated heterocycles. The SMILES string of the molecule is NCCCC(CCCN)C(N)O. The minimum Gasteiger partial charge on any atom is -0.379 e. The number of aliphatic hydroxyl groups is 1. The maximum atomic E-state index is 9.16. The summed E-state index contributed by atoms with van der Waals surface area (Å²) in [5.74, 6) is 0.164. The van der Waals surface area contributed by atoms with Crippen molar-refractivity contribution in [2.75, 3.05) is 13.1 Å². The van der Waals surface area contributed by atoms with Crippen molar-refractivity contribution in [3.63, 3.8) is 0 Å². The predicted octanol–water partition coefficient (Wildman–Crippen LogP) is -0.642. The first kappa shape index (κ1) is 11.8. The maximum absolute atomic E-state index is 9.16. The van der Waals surface area contributed by atoms with E-state index in [-0.39, 0.29) is 5.92 Å². The van der Waals surface area contributed by atoms with Gasteiger partial charge in [0.25, 0.3) is 0 Å². The molecule has 0 spiro atoms. The third-order valence-corrected chi connectivity index (χ3v) is 2.04. The summed E-state index contributed by atoms with van der Waals surface area (Å²) in [7, 11) is 0. The Balaban J connectivity index is 3.55. The summed E-state index contributed by atoms with van der Waals surface area (Å²) >= 11 is 0. The van der Waals surface area contributed by atoms with Crippen LogP contribution in [0.1, 0.15) is 25.7 Å². The number of nitrogens with two attached hydrogens (primary N) is 3. The molecule has 4 nitrogen and oxygen atoms in total. The van der Waals surface area contributed by atoms with Crippen LogP contribution in [0.4, 0.5) is 0 Å². The van der Waals surface area contributed by atoms with Gasteiger partial charge in [0.2, 0.25) is 0 Å². The van der Waals surface area contributed by atoms with Gasteiger partial charge in [0, 0.05) is 0 Å². The second-order valence-corrected chi connectivity index (χ2v) is 3.11. The van der Waals surface area contributed by atoms with Gasteiger partial charge in [-0.2, -0.15) is 0 Å². The number of hydrogen-bond acceptors (Lipinski definition) is 4. The molecule has 0 radical (unpaired) electrons. The Hall–Kier alpha value is -0.160. The van der Waals surface area contributed by atoms with Crippen LogP contribution in [0.3, 0.4) is 0 Å². The van der Waals surface area contributed by atoms with E-state index in [1.54, 1.807) is 0 Å². The minimum atomic E-state index is -0.719. The Kier molecular flexibility index (Phi) is 7.39. The van der Waals surface area contributed by atoms with E-state index in [1.807, 2.05) is 0 Å². The second kappa shape index (κ2) is 7.49. The van der Waals surface area contributed by atoms with Gasteiger partial charge in [0.05, 0.1) is 0 Å². The van der Waals surface area contributed by atoms with E-state index in [4.69, 9.17) is 22.3 Å². The van der Waals surface area contributed by atoms with Gasteiger partial charge in [-0.1, -0.05) is 0 Å². The van der Waals surface area contributed by atoms with Gasteiger partial charge < -0.3 is 22.3 Å². The summed E-state index contributed by atoms with van der Waals surface area (Å²) < 4.78 is 0. The summed E-state index contributed by atoms with van der Waals surface area (Å²) in [5.41, 5.74) is 16.1. The molecular weight excluding hydrogens is 154 g/mol. The highest BCUT2D eigenvalue weighted by molar-refractivity contribution is 4.64. The summed E-state index contributed by atoms with van der Waals surface area (Å²) in [4.78, 5) is 0. The average Bonchev–Trinajstić information content (AvgIpc) is 2.04. The Morgan fingerprint density at radius 1 is 1.00 bits per heavy atom. The van der Waals surface area contributed by atoms with Gasteiger partial charge >= 0.3 is 0 Å². The summed E-state index contributed by atoms with van der Waals surface area (Å²) in [6.07, 6.45) is 2.91. The lowest BCUT2D eigenvalue weighted by Crippen LogP contribution is -2.30. The van der Waals surface area contributed by atoms with Crippen LogP contribution in [-0.4, -0.2) is 24.4 Å². The van der Waals surface area contributed by atoms with Crippen molar-refractivity contribution in [2.24, 2.45) is 23.1 Å². The van der Waals surface area contributed by atoms with E-state index in [2.05, 4.69) is 0 Å². The summed E-state index contributed by atoms with van der Waals surface area (Å²) in [6, 6.07) is 0. The largest absolute Gasteiger partial charge is 0.379 e. The van der Waals surface area contributed by atoms with Crippen LogP contribution < -0.4 is 17.2 Å². The number of hydrogen-bond donors (Lipinski definition) is 4. The Bertz CT molecular complexity index is 90.3.